The van der Waals surface area contributed by atoms with Gasteiger partial charge < -0.3 is 5.73 Å². The molecule has 0 fully saturated rings. The number of nitriles is 1. The van der Waals surface area contributed by atoms with E-state index in [2.05, 4.69) is 11.1 Å². The lowest BCUT2D eigenvalue weighted by atomic mass is 10.0. The number of thioether (sulfide) groups is 1. The van der Waals surface area contributed by atoms with Gasteiger partial charge in [-0.15, -0.1) is 12.4 Å². The van der Waals surface area contributed by atoms with Crippen LogP contribution in [0.5, 0.6) is 0 Å². The lowest BCUT2D eigenvalue weighted by Gasteiger charge is -2.08. The summed E-state index contributed by atoms with van der Waals surface area (Å²) >= 11 is 1.29. The van der Waals surface area contributed by atoms with E-state index in [0.717, 1.165) is 21.9 Å². The highest BCUT2D eigenvalue weighted by molar-refractivity contribution is 8.13. The van der Waals surface area contributed by atoms with Crippen LogP contribution in [0.4, 0.5) is 0 Å². The number of benzene rings is 1. The monoisotopic (exact) mass is 292 g/mol. The molecule has 0 unspecified atom stereocenters. The first-order chi connectivity index (χ1) is 8.72. The van der Waals surface area contributed by atoms with Crippen LogP contribution in [0.3, 0.4) is 0 Å². The number of pyridine rings is 1. The van der Waals surface area contributed by atoms with Gasteiger partial charge in [-0.2, -0.15) is 5.26 Å². The molecule has 1 aromatic carbocycles. The third kappa shape index (κ3) is 3.60. The average Bonchev–Trinajstić information content (AvgIpc) is 2.38. The zero-order valence-electron chi connectivity index (χ0n) is 10.1. The number of nitrogens with one attached hydrogen (secondary N) is 1. The third-order valence-electron chi connectivity index (χ3n) is 2.65. The normalized spacial score (nSPS) is 9.63. The summed E-state index contributed by atoms with van der Waals surface area (Å²) in [6.07, 6.45) is 3.91. The summed E-state index contributed by atoms with van der Waals surface area (Å²) in [4.78, 5) is 4.12. The maximum absolute atomic E-state index is 8.81. The minimum Gasteiger partial charge on any atom is -0.379 e. The van der Waals surface area contributed by atoms with E-state index >= 15 is 0 Å². The highest BCUT2D eigenvalue weighted by atomic mass is 35.5. The number of nitrogens with two attached hydrogens (primary N) is 1. The summed E-state index contributed by atoms with van der Waals surface area (Å²) in [6.45, 7) is 0. The highest BCUT2D eigenvalue weighted by Crippen LogP contribution is 2.25. The molecule has 1 aromatic heterocycles. The number of aromatic nitrogens is 1. The number of amidine groups is 1. The summed E-state index contributed by atoms with van der Waals surface area (Å²) in [5.74, 6) is 0.643. The largest absolute Gasteiger partial charge is 0.379 e. The first kappa shape index (κ1) is 15.3. The zero-order chi connectivity index (χ0) is 13.0. The van der Waals surface area contributed by atoms with Crippen molar-refractivity contribution in [2.75, 3.05) is 0 Å². The van der Waals surface area contributed by atoms with Crippen LogP contribution in [0.25, 0.3) is 10.8 Å². The summed E-state index contributed by atoms with van der Waals surface area (Å²) in [6, 6.07) is 8.03. The van der Waals surface area contributed by atoms with Crippen molar-refractivity contribution in [3.05, 3.63) is 41.7 Å². The fraction of sp³-hybridized carbons (Fsp3) is 0.154. The standard InChI is InChI=1S/C13H12N4S.ClH/c14-5-3-9-1-2-10(8-18-13(15)16)12-7-17-6-4-11(9)12;/h1-2,4,6-7H,3,8H2,(H3,15,16);1H. The number of hydrogen-bond donors (Lipinski definition) is 2. The molecule has 0 saturated heterocycles. The second kappa shape index (κ2) is 6.98. The van der Waals surface area contributed by atoms with Gasteiger partial charge in [0.05, 0.1) is 12.5 Å². The number of fused-ring (bicyclic) bond motifs is 1. The topological polar surface area (TPSA) is 86.5 Å². The van der Waals surface area contributed by atoms with Crippen molar-refractivity contribution < 1.29 is 0 Å². The van der Waals surface area contributed by atoms with E-state index in [1.165, 1.54) is 11.8 Å². The Labute approximate surface area is 121 Å². The van der Waals surface area contributed by atoms with Gasteiger partial charge in [0.2, 0.25) is 0 Å². The van der Waals surface area contributed by atoms with Crippen LogP contribution in [0.1, 0.15) is 11.1 Å². The van der Waals surface area contributed by atoms with Crippen LogP contribution in [0.2, 0.25) is 0 Å². The summed E-state index contributed by atoms with van der Waals surface area (Å²) in [5.41, 5.74) is 7.44. The molecule has 6 heteroatoms. The van der Waals surface area contributed by atoms with E-state index < -0.39 is 0 Å². The number of hydrogen-bond acceptors (Lipinski definition) is 4. The molecule has 0 radical (unpaired) electrons. The molecule has 0 spiro atoms. The maximum atomic E-state index is 8.81. The van der Waals surface area contributed by atoms with Crippen LogP contribution >= 0.6 is 24.2 Å². The smallest absolute Gasteiger partial charge is 0.151 e. The summed E-state index contributed by atoms with van der Waals surface area (Å²) in [5, 5.41) is 18.2. The molecule has 0 saturated carbocycles. The molecule has 1 heterocycles. The predicted octanol–water partition coefficient (Wildman–Crippen LogP) is 2.85. The van der Waals surface area contributed by atoms with E-state index in [-0.39, 0.29) is 17.6 Å². The number of nitrogens with zero attached hydrogens (tertiary/aromatic N) is 2. The van der Waals surface area contributed by atoms with Gasteiger partial charge in [0, 0.05) is 23.5 Å². The second-order valence-corrected chi connectivity index (χ2v) is 4.81. The predicted molar refractivity (Wildman–Crippen MR) is 81.5 cm³/mol. The second-order valence-electron chi connectivity index (χ2n) is 3.79. The summed E-state index contributed by atoms with van der Waals surface area (Å²) in [7, 11) is 0. The molecule has 0 bridgehead atoms. The van der Waals surface area contributed by atoms with Crippen molar-refractivity contribution in [1.29, 1.82) is 10.7 Å². The Bertz CT molecular complexity index is 636. The lowest BCUT2D eigenvalue weighted by molar-refractivity contribution is 1.26. The molecule has 0 aliphatic heterocycles. The van der Waals surface area contributed by atoms with Crippen molar-refractivity contribution in [2.24, 2.45) is 5.73 Å². The van der Waals surface area contributed by atoms with E-state index in [9.17, 15) is 0 Å². The lowest BCUT2D eigenvalue weighted by Crippen LogP contribution is -2.04. The van der Waals surface area contributed by atoms with Crippen LogP contribution in [0, 0.1) is 16.7 Å². The van der Waals surface area contributed by atoms with Gasteiger partial charge in [-0.1, -0.05) is 23.9 Å². The van der Waals surface area contributed by atoms with Crippen molar-refractivity contribution in [3.8, 4) is 6.07 Å². The van der Waals surface area contributed by atoms with Crippen molar-refractivity contribution in [3.63, 3.8) is 0 Å². The Hall–Kier alpha value is -1.77. The maximum Gasteiger partial charge on any atom is 0.151 e. The molecule has 0 aliphatic carbocycles. The van der Waals surface area contributed by atoms with Gasteiger partial charge in [-0.05, 0) is 22.6 Å². The molecule has 2 aromatic rings. The van der Waals surface area contributed by atoms with Gasteiger partial charge in [0.1, 0.15) is 0 Å². The zero-order valence-corrected chi connectivity index (χ0v) is 11.7. The van der Waals surface area contributed by atoms with Crippen molar-refractivity contribution >= 4 is 40.1 Å². The minimum absolute atomic E-state index is 0. The molecule has 0 atom stereocenters. The van der Waals surface area contributed by atoms with Crippen molar-refractivity contribution in [2.45, 2.75) is 12.2 Å². The quantitative estimate of drug-likeness (QED) is 0.673. The Morgan fingerprint density at radius 3 is 2.74 bits per heavy atom. The average molecular weight is 293 g/mol. The fourth-order valence-electron chi connectivity index (χ4n) is 1.83. The number of rotatable bonds is 3. The van der Waals surface area contributed by atoms with Gasteiger partial charge in [0.15, 0.2) is 5.17 Å². The van der Waals surface area contributed by atoms with Crippen LogP contribution < -0.4 is 5.73 Å². The molecule has 98 valence electrons. The fourth-order valence-corrected chi connectivity index (χ4v) is 2.39. The summed E-state index contributed by atoms with van der Waals surface area (Å²) < 4.78 is 0. The van der Waals surface area contributed by atoms with Gasteiger partial charge in [0.25, 0.3) is 0 Å². The van der Waals surface area contributed by atoms with Gasteiger partial charge in [-0.3, -0.25) is 10.4 Å². The van der Waals surface area contributed by atoms with Crippen LogP contribution in [-0.2, 0) is 12.2 Å². The minimum atomic E-state index is 0. The molecule has 3 N–H and O–H groups in total. The van der Waals surface area contributed by atoms with Crippen molar-refractivity contribution in [1.82, 2.24) is 4.98 Å². The highest BCUT2D eigenvalue weighted by Gasteiger charge is 2.06. The Kier molecular flexibility index (Phi) is 5.61. The molecule has 0 amide bonds. The van der Waals surface area contributed by atoms with E-state index in [1.807, 2.05) is 18.2 Å². The molecular weight excluding hydrogens is 280 g/mol. The Morgan fingerprint density at radius 1 is 1.32 bits per heavy atom. The van der Waals surface area contributed by atoms with E-state index in [0.29, 0.717) is 12.2 Å². The Balaban J connectivity index is 0.00000180. The molecule has 2 rings (SSSR count). The first-order valence-electron chi connectivity index (χ1n) is 5.40. The Morgan fingerprint density at radius 2 is 2.05 bits per heavy atom. The van der Waals surface area contributed by atoms with Gasteiger partial charge in [-0.25, -0.2) is 0 Å². The SMILES string of the molecule is Cl.N#CCc1ccc(CSC(=N)N)c2cnccc12. The molecule has 4 nitrogen and oxygen atoms in total. The van der Waals surface area contributed by atoms with Crippen LogP contribution in [-0.4, -0.2) is 10.2 Å². The third-order valence-corrected chi connectivity index (χ3v) is 3.42. The molecule has 0 aliphatic rings. The van der Waals surface area contributed by atoms with Crippen LogP contribution in [0.15, 0.2) is 30.6 Å². The number of halogens is 1. The first-order valence-corrected chi connectivity index (χ1v) is 6.39. The van der Waals surface area contributed by atoms with Gasteiger partial charge >= 0.3 is 0 Å². The molecular formula is C13H13ClN4S. The van der Waals surface area contributed by atoms with E-state index in [4.69, 9.17) is 16.4 Å². The molecule has 19 heavy (non-hydrogen) atoms. The van der Waals surface area contributed by atoms with E-state index in [1.54, 1.807) is 12.4 Å².